The molecule has 0 unspecified atom stereocenters. The third kappa shape index (κ3) is 5.30. The first-order chi connectivity index (χ1) is 11.5. The predicted molar refractivity (Wildman–Crippen MR) is 93.7 cm³/mol. The molecule has 0 atom stereocenters. The second kappa shape index (κ2) is 8.39. The van der Waals surface area contributed by atoms with E-state index in [2.05, 4.69) is 0 Å². The molecule has 0 bridgehead atoms. The summed E-state index contributed by atoms with van der Waals surface area (Å²) in [6.07, 6.45) is 0.780. The van der Waals surface area contributed by atoms with Crippen molar-refractivity contribution in [3.8, 4) is 11.5 Å². The van der Waals surface area contributed by atoms with E-state index in [9.17, 15) is 4.79 Å². The zero-order valence-electron chi connectivity index (χ0n) is 14.4. The Morgan fingerprint density at radius 3 is 2.54 bits per heavy atom. The lowest BCUT2D eigenvalue weighted by Gasteiger charge is -2.15. The second-order valence-corrected chi connectivity index (χ2v) is 6.06. The van der Waals surface area contributed by atoms with Gasteiger partial charge in [-0.25, -0.2) is 0 Å². The van der Waals surface area contributed by atoms with Crippen LogP contribution in [0.15, 0.2) is 42.5 Å². The van der Waals surface area contributed by atoms with Crippen LogP contribution >= 0.6 is 0 Å². The Morgan fingerprint density at radius 1 is 1.12 bits per heavy atom. The van der Waals surface area contributed by atoms with Gasteiger partial charge in [-0.1, -0.05) is 30.3 Å². The maximum Gasteiger partial charge on any atom is 0.303 e. The molecule has 4 nitrogen and oxygen atoms in total. The fourth-order valence-electron chi connectivity index (χ4n) is 2.43. The van der Waals surface area contributed by atoms with Gasteiger partial charge in [0.2, 0.25) is 0 Å². The van der Waals surface area contributed by atoms with Crippen molar-refractivity contribution in [2.24, 2.45) is 0 Å². The zero-order valence-corrected chi connectivity index (χ0v) is 14.4. The summed E-state index contributed by atoms with van der Waals surface area (Å²) >= 11 is 0. The molecule has 0 saturated carbocycles. The monoisotopic (exact) mass is 328 g/mol. The number of rotatable bonds is 8. The van der Waals surface area contributed by atoms with Gasteiger partial charge in [-0.15, -0.1) is 0 Å². The van der Waals surface area contributed by atoms with Crippen molar-refractivity contribution >= 4 is 5.97 Å². The largest absolute Gasteiger partial charge is 0.491 e. The highest BCUT2D eigenvalue weighted by atomic mass is 16.5. The molecule has 0 aliphatic heterocycles. The zero-order chi connectivity index (χ0) is 17.5. The molecule has 2 rings (SSSR count). The van der Waals surface area contributed by atoms with Crippen LogP contribution in [0.5, 0.6) is 11.5 Å². The van der Waals surface area contributed by atoms with Gasteiger partial charge in [0.1, 0.15) is 18.1 Å². The first-order valence-corrected chi connectivity index (χ1v) is 8.14. The number of carboxylic acids is 1. The number of carboxylic acid groups (broad SMARTS) is 1. The van der Waals surface area contributed by atoms with Crippen LogP contribution in [-0.4, -0.2) is 17.2 Å². The van der Waals surface area contributed by atoms with Crippen molar-refractivity contribution in [2.75, 3.05) is 0 Å². The number of carbonyl (C=O) groups is 1. The molecule has 128 valence electrons. The van der Waals surface area contributed by atoms with Gasteiger partial charge in [-0.3, -0.25) is 4.79 Å². The van der Waals surface area contributed by atoms with Crippen LogP contribution in [0.4, 0.5) is 0 Å². The minimum atomic E-state index is -0.783. The van der Waals surface area contributed by atoms with E-state index in [0.717, 1.165) is 28.2 Å². The van der Waals surface area contributed by atoms with E-state index in [1.807, 2.05) is 63.2 Å². The van der Waals surface area contributed by atoms with Crippen molar-refractivity contribution in [2.45, 2.75) is 46.3 Å². The summed E-state index contributed by atoms with van der Waals surface area (Å²) in [5, 5.41) is 8.76. The van der Waals surface area contributed by atoms with E-state index < -0.39 is 5.97 Å². The molecular formula is C20H24O4. The highest BCUT2D eigenvalue weighted by Crippen LogP contribution is 2.24. The molecule has 0 aliphatic rings. The van der Waals surface area contributed by atoms with Gasteiger partial charge >= 0.3 is 5.97 Å². The molecule has 0 aliphatic carbocycles. The molecule has 2 aromatic rings. The summed E-state index contributed by atoms with van der Waals surface area (Å²) in [5.74, 6) is 0.853. The fraction of sp³-hybridized carbons (Fsp3) is 0.350. The highest BCUT2D eigenvalue weighted by Gasteiger charge is 2.08. The Morgan fingerprint density at radius 2 is 1.88 bits per heavy atom. The number of benzene rings is 2. The Kier molecular flexibility index (Phi) is 6.24. The van der Waals surface area contributed by atoms with Crippen molar-refractivity contribution in [1.29, 1.82) is 0 Å². The molecule has 0 saturated heterocycles. The molecule has 0 amide bonds. The van der Waals surface area contributed by atoms with Crippen LogP contribution in [0.1, 0.15) is 37.0 Å². The lowest BCUT2D eigenvalue weighted by Crippen LogP contribution is -2.08. The van der Waals surface area contributed by atoms with Crippen LogP contribution < -0.4 is 9.47 Å². The molecule has 1 N–H and O–H groups in total. The maximum absolute atomic E-state index is 10.7. The molecule has 0 heterocycles. The third-order valence-corrected chi connectivity index (χ3v) is 3.59. The highest BCUT2D eigenvalue weighted by molar-refractivity contribution is 5.67. The number of aliphatic carboxylic acids is 1. The van der Waals surface area contributed by atoms with E-state index >= 15 is 0 Å². The number of para-hydroxylation sites is 1. The van der Waals surface area contributed by atoms with E-state index in [1.165, 1.54) is 0 Å². The molecule has 24 heavy (non-hydrogen) atoms. The Labute approximate surface area is 143 Å². The molecule has 0 spiro atoms. The van der Waals surface area contributed by atoms with Crippen molar-refractivity contribution in [3.63, 3.8) is 0 Å². The normalized spacial score (nSPS) is 10.7. The van der Waals surface area contributed by atoms with Crippen molar-refractivity contribution in [1.82, 2.24) is 0 Å². The van der Waals surface area contributed by atoms with E-state index in [0.29, 0.717) is 13.0 Å². The summed E-state index contributed by atoms with van der Waals surface area (Å²) in [7, 11) is 0. The smallest absolute Gasteiger partial charge is 0.303 e. The van der Waals surface area contributed by atoms with Crippen LogP contribution in [0.3, 0.4) is 0 Å². The molecule has 0 radical (unpaired) electrons. The van der Waals surface area contributed by atoms with Gasteiger partial charge in [0.05, 0.1) is 6.10 Å². The average molecular weight is 328 g/mol. The van der Waals surface area contributed by atoms with Gasteiger partial charge in [0.15, 0.2) is 0 Å². The molecule has 0 aromatic heterocycles. The molecular weight excluding hydrogens is 304 g/mol. The van der Waals surface area contributed by atoms with Crippen molar-refractivity contribution < 1.29 is 19.4 Å². The van der Waals surface area contributed by atoms with E-state index in [1.54, 1.807) is 0 Å². The van der Waals surface area contributed by atoms with Gasteiger partial charge in [-0.2, -0.15) is 0 Å². The predicted octanol–water partition coefficient (Wildman–Crippen LogP) is 4.38. The summed E-state index contributed by atoms with van der Waals surface area (Å²) < 4.78 is 11.7. The summed E-state index contributed by atoms with van der Waals surface area (Å²) in [5.41, 5.74) is 3.01. The topological polar surface area (TPSA) is 55.8 Å². The van der Waals surface area contributed by atoms with Gasteiger partial charge in [-0.05, 0) is 50.5 Å². The molecule has 0 fully saturated rings. The summed E-state index contributed by atoms with van der Waals surface area (Å²) in [6.45, 7) is 6.39. The SMILES string of the molecule is Cc1cc(CCC(=O)O)ccc1OCc1ccccc1OC(C)C. The fourth-order valence-corrected chi connectivity index (χ4v) is 2.43. The Bertz CT molecular complexity index is 692. The number of aryl methyl sites for hydroxylation is 2. The second-order valence-electron chi connectivity index (χ2n) is 6.06. The van der Waals surface area contributed by atoms with Crippen LogP contribution in [0.25, 0.3) is 0 Å². The van der Waals surface area contributed by atoms with E-state index in [-0.39, 0.29) is 12.5 Å². The maximum atomic E-state index is 10.7. The number of hydrogen-bond donors (Lipinski definition) is 1. The number of hydrogen-bond acceptors (Lipinski definition) is 3. The minimum absolute atomic E-state index is 0.112. The van der Waals surface area contributed by atoms with Crippen LogP contribution in [-0.2, 0) is 17.8 Å². The minimum Gasteiger partial charge on any atom is -0.491 e. The average Bonchev–Trinajstić information content (AvgIpc) is 2.52. The Hall–Kier alpha value is -2.49. The molecule has 4 heteroatoms. The van der Waals surface area contributed by atoms with Gasteiger partial charge in [0, 0.05) is 12.0 Å². The third-order valence-electron chi connectivity index (χ3n) is 3.59. The first kappa shape index (κ1) is 17.9. The first-order valence-electron chi connectivity index (χ1n) is 8.14. The molecule has 2 aromatic carbocycles. The van der Waals surface area contributed by atoms with Crippen LogP contribution in [0.2, 0.25) is 0 Å². The summed E-state index contributed by atoms with van der Waals surface area (Å²) in [4.78, 5) is 10.7. The standard InChI is InChI=1S/C20H24O4/c1-14(2)24-19-7-5-4-6-17(19)13-23-18-10-8-16(12-15(18)3)9-11-20(21)22/h4-8,10,12,14H,9,11,13H2,1-3H3,(H,21,22). The lowest BCUT2D eigenvalue weighted by atomic mass is 10.1. The van der Waals surface area contributed by atoms with E-state index in [4.69, 9.17) is 14.6 Å². The summed E-state index contributed by atoms with van der Waals surface area (Å²) in [6, 6.07) is 13.7. The number of ether oxygens (including phenoxy) is 2. The van der Waals surface area contributed by atoms with Gasteiger partial charge in [0.25, 0.3) is 0 Å². The quantitative estimate of drug-likeness (QED) is 0.781. The lowest BCUT2D eigenvalue weighted by molar-refractivity contribution is -0.136. The van der Waals surface area contributed by atoms with Gasteiger partial charge < -0.3 is 14.6 Å². The van der Waals surface area contributed by atoms with Crippen LogP contribution in [0, 0.1) is 6.92 Å². The Balaban J connectivity index is 2.03. The van der Waals surface area contributed by atoms with Crippen molar-refractivity contribution in [3.05, 3.63) is 59.2 Å².